The molecule has 16 heavy (non-hydrogen) atoms. The normalized spacial score (nSPS) is 16.2. The van der Waals surface area contributed by atoms with E-state index in [4.69, 9.17) is 11.6 Å². The molecule has 0 radical (unpaired) electrons. The van der Waals surface area contributed by atoms with Crippen LogP contribution in [-0.4, -0.2) is 19.3 Å². The van der Waals surface area contributed by atoms with Gasteiger partial charge in [-0.2, -0.15) is 5.10 Å². The molecular weight excluding hydrogens is 224 g/mol. The second-order valence-corrected chi connectivity index (χ2v) is 4.86. The highest BCUT2D eigenvalue weighted by atomic mass is 35.5. The maximum Gasteiger partial charge on any atom is 0.158 e. The summed E-state index contributed by atoms with van der Waals surface area (Å²) in [6.07, 6.45) is 2.66. The standard InChI is InChI=1S/C11H15ClN4/c1-7-10-11(15(2)14-7)16(6-8-3-4-8)9(5-12)13-10/h8H,3-6H2,1-2H3. The molecule has 0 aromatic carbocycles. The van der Waals surface area contributed by atoms with E-state index in [1.807, 2.05) is 18.7 Å². The van der Waals surface area contributed by atoms with E-state index in [1.54, 1.807) is 0 Å². The van der Waals surface area contributed by atoms with E-state index < -0.39 is 0 Å². The summed E-state index contributed by atoms with van der Waals surface area (Å²) >= 11 is 5.96. The molecule has 2 aromatic heterocycles. The molecule has 0 aliphatic heterocycles. The molecule has 0 saturated heterocycles. The third kappa shape index (κ3) is 1.44. The highest BCUT2D eigenvalue weighted by Crippen LogP contribution is 2.33. The van der Waals surface area contributed by atoms with E-state index in [0.717, 1.165) is 35.1 Å². The van der Waals surface area contributed by atoms with Gasteiger partial charge in [0.25, 0.3) is 0 Å². The van der Waals surface area contributed by atoms with Gasteiger partial charge in [0.05, 0.1) is 11.6 Å². The van der Waals surface area contributed by atoms with Gasteiger partial charge >= 0.3 is 0 Å². The molecule has 0 unspecified atom stereocenters. The molecular formula is C11H15ClN4. The fraction of sp³-hybridized carbons (Fsp3) is 0.636. The predicted molar refractivity (Wildman–Crippen MR) is 63.5 cm³/mol. The highest BCUT2D eigenvalue weighted by Gasteiger charge is 2.25. The van der Waals surface area contributed by atoms with E-state index in [2.05, 4.69) is 14.6 Å². The molecule has 0 amide bonds. The summed E-state index contributed by atoms with van der Waals surface area (Å²) in [5, 5.41) is 4.40. The summed E-state index contributed by atoms with van der Waals surface area (Å²) in [7, 11) is 1.97. The fourth-order valence-electron chi connectivity index (χ4n) is 2.23. The number of alkyl halides is 1. The molecule has 0 atom stereocenters. The van der Waals surface area contributed by atoms with Crippen LogP contribution in [0.2, 0.25) is 0 Å². The van der Waals surface area contributed by atoms with Gasteiger partial charge in [0.15, 0.2) is 5.65 Å². The van der Waals surface area contributed by atoms with Gasteiger partial charge in [-0.25, -0.2) is 4.98 Å². The van der Waals surface area contributed by atoms with Crippen molar-refractivity contribution in [3.05, 3.63) is 11.5 Å². The van der Waals surface area contributed by atoms with Crippen LogP contribution < -0.4 is 0 Å². The minimum absolute atomic E-state index is 0.473. The van der Waals surface area contributed by atoms with Gasteiger partial charge < -0.3 is 4.57 Å². The number of imidazole rings is 1. The lowest BCUT2D eigenvalue weighted by atomic mass is 10.4. The van der Waals surface area contributed by atoms with Crippen LogP contribution in [0, 0.1) is 12.8 Å². The molecule has 3 rings (SSSR count). The molecule has 1 aliphatic rings. The largest absolute Gasteiger partial charge is 0.312 e. The van der Waals surface area contributed by atoms with E-state index in [9.17, 15) is 0 Å². The number of hydrogen-bond donors (Lipinski definition) is 0. The fourth-order valence-corrected chi connectivity index (χ4v) is 2.44. The summed E-state index contributed by atoms with van der Waals surface area (Å²) in [5.74, 6) is 2.26. The van der Waals surface area contributed by atoms with Crippen LogP contribution in [-0.2, 0) is 19.5 Å². The first-order valence-electron chi connectivity index (χ1n) is 5.65. The summed E-state index contributed by atoms with van der Waals surface area (Å²) in [6.45, 7) is 3.03. The lowest BCUT2D eigenvalue weighted by Gasteiger charge is -2.06. The molecule has 0 N–H and O–H groups in total. The van der Waals surface area contributed by atoms with Crippen LogP contribution in [0.4, 0.5) is 0 Å². The van der Waals surface area contributed by atoms with Crippen LogP contribution in [0.15, 0.2) is 0 Å². The number of nitrogens with zero attached hydrogens (tertiary/aromatic N) is 4. The zero-order valence-electron chi connectivity index (χ0n) is 9.57. The van der Waals surface area contributed by atoms with Gasteiger partial charge in [-0.05, 0) is 25.7 Å². The van der Waals surface area contributed by atoms with Crippen molar-refractivity contribution < 1.29 is 0 Å². The average Bonchev–Trinajstić information content (AvgIpc) is 2.91. The monoisotopic (exact) mass is 238 g/mol. The Bertz CT molecular complexity index is 536. The van der Waals surface area contributed by atoms with Crippen LogP contribution in [0.1, 0.15) is 24.4 Å². The Morgan fingerprint density at radius 3 is 2.81 bits per heavy atom. The first kappa shape index (κ1) is 10.1. The average molecular weight is 239 g/mol. The number of hydrogen-bond acceptors (Lipinski definition) is 2. The Hall–Kier alpha value is -1.03. The number of aryl methyl sites for hydroxylation is 2. The Morgan fingerprint density at radius 2 is 2.19 bits per heavy atom. The van der Waals surface area contributed by atoms with Crippen molar-refractivity contribution in [1.29, 1.82) is 0 Å². The van der Waals surface area contributed by atoms with Crippen LogP contribution in [0.5, 0.6) is 0 Å². The van der Waals surface area contributed by atoms with E-state index in [1.165, 1.54) is 12.8 Å². The van der Waals surface area contributed by atoms with Crippen LogP contribution in [0.25, 0.3) is 11.2 Å². The summed E-state index contributed by atoms with van der Waals surface area (Å²) < 4.78 is 4.15. The second-order valence-electron chi connectivity index (χ2n) is 4.60. The van der Waals surface area contributed by atoms with Gasteiger partial charge in [0, 0.05) is 13.6 Å². The number of halogens is 1. The van der Waals surface area contributed by atoms with Crippen LogP contribution in [0.3, 0.4) is 0 Å². The predicted octanol–water partition coefficient (Wildman–Crippen LogP) is 2.23. The minimum atomic E-state index is 0.473. The first-order chi connectivity index (χ1) is 7.70. The van der Waals surface area contributed by atoms with Crippen LogP contribution >= 0.6 is 11.6 Å². The van der Waals surface area contributed by atoms with Crippen molar-refractivity contribution in [3.63, 3.8) is 0 Å². The third-order valence-corrected chi connectivity index (χ3v) is 3.47. The van der Waals surface area contributed by atoms with E-state index in [0.29, 0.717) is 5.88 Å². The van der Waals surface area contributed by atoms with Crippen molar-refractivity contribution in [3.8, 4) is 0 Å². The van der Waals surface area contributed by atoms with Crippen molar-refractivity contribution in [1.82, 2.24) is 19.3 Å². The Morgan fingerprint density at radius 1 is 1.44 bits per heavy atom. The SMILES string of the molecule is Cc1nn(C)c2c1nc(CCl)n2CC1CC1. The number of fused-ring (bicyclic) bond motifs is 1. The van der Waals surface area contributed by atoms with Crippen molar-refractivity contribution >= 4 is 22.8 Å². The quantitative estimate of drug-likeness (QED) is 0.769. The summed E-state index contributed by atoms with van der Waals surface area (Å²) in [5.41, 5.74) is 3.09. The topological polar surface area (TPSA) is 35.6 Å². The van der Waals surface area contributed by atoms with Crippen molar-refractivity contribution in [2.24, 2.45) is 13.0 Å². The molecule has 1 aliphatic carbocycles. The smallest absolute Gasteiger partial charge is 0.158 e. The van der Waals surface area contributed by atoms with Gasteiger partial charge in [-0.1, -0.05) is 0 Å². The lowest BCUT2D eigenvalue weighted by molar-refractivity contribution is 0.601. The first-order valence-corrected chi connectivity index (χ1v) is 6.19. The molecule has 0 bridgehead atoms. The molecule has 86 valence electrons. The maximum absolute atomic E-state index is 5.96. The van der Waals surface area contributed by atoms with Crippen molar-refractivity contribution in [2.75, 3.05) is 0 Å². The maximum atomic E-state index is 5.96. The Kier molecular flexibility index (Phi) is 2.21. The van der Waals surface area contributed by atoms with E-state index >= 15 is 0 Å². The lowest BCUT2D eigenvalue weighted by Crippen LogP contribution is -2.07. The molecule has 1 saturated carbocycles. The molecule has 4 nitrogen and oxygen atoms in total. The van der Waals surface area contributed by atoms with Gasteiger partial charge in [-0.3, -0.25) is 4.68 Å². The Balaban J connectivity index is 2.19. The second kappa shape index (κ2) is 3.48. The highest BCUT2D eigenvalue weighted by molar-refractivity contribution is 6.16. The number of rotatable bonds is 3. The molecule has 5 heteroatoms. The third-order valence-electron chi connectivity index (χ3n) is 3.23. The summed E-state index contributed by atoms with van der Waals surface area (Å²) in [6, 6.07) is 0. The zero-order valence-corrected chi connectivity index (χ0v) is 10.3. The van der Waals surface area contributed by atoms with Gasteiger partial charge in [-0.15, -0.1) is 11.6 Å². The van der Waals surface area contributed by atoms with Crippen molar-refractivity contribution in [2.45, 2.75) is 32.2 Å². The molecule has 0 spiro atoms. The summed E-state index contributed by atoms with van der Waals surface area (Å²) in [4.78, 5) is 4.58. The van der Waals surface area contributed by atoms with Gasteiger partial charge in [0.2, 0.25) is 0 Å². The Labute approximate surface area is 99.2 Å². The van der Waals surface area contributed by atoms with E-state index in [-0.39, 0.29) is 0 Å². The van der Waals surface area contributed by atoms with Gasteiger partial charge in [0.1, 0.15) is 11.3 Å². The zero-order chi connectivity index (χ0) is 11.3. The number of aromatic nitrogens is 4. The molecule has 2 aromatic rings. The molecule has 1 fully saturated rings. The minimum Gasteiger partial charge on any atom is -0.312 e. The molecule has 2 heterocycles.